The van der Waals surface area contributed by atoms with Crippen LogP contribution in [-0.2, 0) is 10.3 Å². The molecule has 0 fully saturated rings. The minimum atomic E-state index is -1.68. The Morgan fingerprint density at radius 2 is 1.48 bits per heavy atom. The lowest BCUT2D eigenvalue weighted by Gasteiger charge is -2.32. The number of anilines is 1. The first kappa shape index (κ1) is 21.9. The van der Waals surface area contributed by atoms with Crippen molar-refractivity contribution in [1.82, 2.24) is 0 Å². The lowest BCUT2D eigenvalue weighted by atomic mass is 9.79. The molecule has 0 saturated heterocycles. The second-order valence-electron chi connectivity index (χ2n) is 7.22. The number of hydrogen-bond donors (Lipinski definition) is 2. The lowest BCUT2D eigenvalue weighted by Crippen LogP contribution is -2.30. The second kappa shape index (κ2) is 7.68. The number of halogens is 4. The summed E-state index contributed by atoms with van der Waals surface area (Å²) in [6.07, 6.45) is 0. The highest BCUT2D eigenvalue weighted by molar-refractivity contribution is 6.53. The van der Waals surface area contributed by atoms with Gasteiger partial charge in [-0.05, 0) is 24.3 Å². The van der Waals surface area contributed by atoms with E-state index in [1.165, 1.54) is 12.1 Å². The highest BCUT2D eigenvalue weighted by atomic mass is 35.5. The van der Waals surface area contributed by atoms with Gasteiger partial charge >= 0.3 is 5.97 Å². The van der Waals surface area contributed by atoms with Crippen LogP contribution in [0.15, 0.2) is 42.5 Å². The number of nitrogens with zero attached hydrogens (tertiary/aromatic N) is 1. The number of fused-ring (bicyclic) bond motifs is 1. The van der Waals surface area contributed by atoms with Crippen LogP contribution in [0, 0.1) is 0 Å². The van der Waals surface area contributed by atoms with Gasteiger partial charge in [-0.25, -0.2) is 4.79 Å². The van der Waals surface area contributed by atoms with E-state index in [0.29, 0.717) is 5.56 Å². The average Bonchev–Trinajstić information content (AvgIpc) is 3.04. The number of phenolic OH excluding ortho intramolecular Hbond substituents is 2. The third kappa shape index (κ3) is 3.19. The number of ether oxygens (including phenoxy) is 1. The van der Waals surface area contributed by atoms with Crippen molar-refractivity contribution in [3.63, 3.8) is 0 Å². The number of hydrogen-bond acceptors (Lipinski definition) is 5. The van der Waals surface area contributed by atoms with Gasteiger partial charge in [-0.3, -0.25) is 0 Å². The highest BCUT2D eigenvalue weighted by Gasteiger charge is 2.53. The van der Waals surface area contributed by atoms with Crippen LogP contribution in [-0.4, -0.2) is 30.3 Å². The van der Waals surface area contributed by atoms with Crippen molar-refractivity contribution in [1.29, 1.82) is 0 Å². The Kier molecular flexibility index (Phi) is 5.42. The van der Waals surface area contributed by atoms with E-state index in [2.05, 4.69) is 0 Å². The topological polar surface area (TPSA) is 70.0 Å². The Morgan fingerprint density at radius 1 is 0.871 bits per heavy atom. The Morgan fingerprint density at radius 3 is 2.06 bits per heavy atom. The molecule has 0 amide bonds. The zero-order chi connectivity index (χ0) is 22.7. The maximum atomic E-state index is 13.0. The molecule has 0 radical (unpaired) electrons. The van der Waals surface area contributed by atoms with Crippen LogP contribution in [0.3, 0.4) is 0 Å². The number of carbonyl (C=O) groups is 1. The molecule has 1 atom stereocenters. The average molecular weight is 499 g/mol. The van der Waals surface area contributed by atoms with E-state index in [4.69, 9.17) is 51.1 Å². The predicted molar refractivity (Wildman–Crippen MR) is 122 cm³/mol. The van der Waals surface area contributed by atoms with E-state index < -0.39 is 11.6 Å². The molecule has 3 aromatic rings. The first-order valence-corrected chi connectivity index (χ1v) is 10.5. The smallest absolute Gasteiger partial charge is 0.341 e. The van der Waals surface area contributed by atoms with Crippen LogP contribution < -0.4 is 4.90 Å². The van der Waals surface area contributed by atoms with Crippen molar-refractivity contribution in [2.24, 2.45) is 0 Å². The minimum Gasteiger partial charge on any atom is -0.508 e. The van der Waals surface area contributed by atoms with Crippen molar-refractivity contribution in [3.05, 3.63) is 84.8 Å². The van der Waals surface area contributed by atoms with Crippen LogP contribution in [0.1, 0.15) is 27.0 Å². The Labute approximate surface area is 198 Å². The standard InChI is InChI=1S/C22H15Cl4NO4/c1-27(2)11-5-3-10(4-6-11)22(13-8-7-12(28)9-14(13)29)16-15(21(30)31-22)17(23)19(25)20(26)18(16)24/h3-9,28-29H,1-2H3. The molecule has 2 N–H and O–H groups in total. The third-order valence-electron chi connectivity index (χ3n) is 5.22. The first-order valence-electron chi connectivity index (χ1n) is 8.99. The fourth-order valence-corrected chi connectivity index (χ4v) is 4.82. The van der Waals surface area contributed by atoms with E-state index >= 15 is 0 Å². The SMILES string of the molecule is CN(C)c1ccc(C2(c3ccc(O)cc3O)OC(=O)c3c(Cl)c(Cl)c(Cl)c(Cl)c32)cc1. The van der Waals surface area contributed by atoms with Crippen molar-refractivity contribution >= 4 is 58.1 Å². The van der Waals surface area contributed by atoms with Crippen molar-refractivity contribution in [2.75, 3.05) is 19.0 Å². The molecule has 160 valence electrons. The molecular weight excluding hydrogens is 484 g/mol. The maximum Gasteiger partial charge on any atom is 0.341 e. The summed E-state index contributed by atoms with van der Waals surface area (Å²) in [4.78, 5) is 14.9. The molecule has 0 aliphatic carbocycles. The molecule has 0 spiro atoms. The molecule has 0 saturated carbocycles. The van der Waals surface area contributed by atoms with Gasteiger partial charge in [0.1, 0.15) is 11.5 Å². The zero-order valence-corrected chi connectivity index (χ0v) is 19.2. The molecule has 31 heavy (non-hydrogen) atoms. The van der Waals surface area contributed by atoms with Crippen LogP contribution in [0.2, 0.25) is 20.1 Å². The van der Waals surface area contributed by atoms with Gasteiger partial charge in [0.25, 0.3) is 0 Å². The lowest BCUT2D eigenvalue weighted by molar-refractivity contribution is 0.0246. The van der Waals surface area contributed by atoms with Crippen LogP contribution in [0.25, 0.3) is 0 Å². The van der Waals surface area contributed by atoms with Crippen LogP contribution >= 0.6 is 46.4 Å². The van der Waals surface area contributed by atoms with Gasteiger partial charge in [-0.1, -0.05) is 58.5 Å². The molecule has 3 aromatic carbocycles. The van der Waals surface area contributed by atoms with Gasteiger partial charge in [0.05, 0.1) is 25.7 Å². The van der Waals surface area contributed by atoms with E-state index in [9.17, 15) is 15.0 Å². The highest BCUT2D eigenvalue weighted by Crippen LogP contribution is 2.56. The summed E-state index contributed by atoms with van der Waals surface area (Å²) in [5.74, 6) is -1.25. The monoisotopic (exact) mass is 497 g/mol. The molecule has 1 aliphatic heterocycles. The van der Waals surface area contributed by atoms with E-state index in [1.54, 1.807) is 12.1 Å². The fourth-order valence-electron chi connectivity index (χ4n) is 3.76. The molecule has 5 nitrogen and oxygen atoms in total. The maximum absolute atomic E-state index is 13.0. The number of esters is 1. The van der Waals surface area contributed by atoms with Gasteiger partial charge in [0.2, 0.25) is 0 Å². The zero-order valence-electron chi connectivity index (χ0n) is 16.2. The second-order valence-corrected chi connectivity index (χ2v) is 8.73. The van der Waals surface area contributed by atoms with Gasteiger partial charge in [-0.15, -0.1) is 0 Å². The molecule has 1 unspecified atom stereocenters. The fraction of sp³-hybridized carbons (Fsp3) is 0.136. The summed E-state index contributed by atoms with van der Waals surface area (Å²) in [7, 11) is 3.78. The summed E-state index contributed by atoms with van der Waals surface area (Å²) in [6.45, 7) is 0. The van der Waals surface area contributed by atoms with E-state index in [0.717, 1.165) is 11.8 Å². The normalized spacial score (nSPS) is 17.4. The molecule has 1 aliphatic rings. The number of benzene rings is 3. The number of phenols is 2. The number of rotatable bonds is 3. The van der Waals surface area contributed by atoms with Crippen LogP contribution in [0.4, 0.5) is 5.69 Å². The molecule has 9 heteroatoms. The summed E-state index contributed by atoms with van der Waals surface area (Å²) in [5.41, 5.74) is 0.0113. The first-order chi connectivity index (χ1) is 14.6. The molecule has 0 aromatic heterocycles. The quantitative estimate of drug-likeness (QED) is 0.254. The Hall–Kier alpha value is -2.31. The van der Waals surface area contributed by atoms with E-state index in [-0.39, 0.29) is 48.3 Å². The molecule has 1 heterocycles. The van der Waals surface area contributed by atoms with Gasteiger partial charge < -0.3 is 19.8 Å². The minimum absolute atomic E-state index is 0.0268. The van der Waals surface area contributed by atoms with Crippen LogP contribution in [0.5, 0.6) is 11.5 Å². The molecule has 0 bridgehead atoms. The van der Waals surface area contributed by atoms with Crippen molar-refractivity contribution in [2.45, 2.75) is 5.60 Å². The van der Waals surface area contributed by atoms with Gasteiger partial charge in [0, 0.05) is 42.5 Å². The third-order valence-corrected chi connectivity index (χ3v) is 7.02. The molecular formula is C22H15Cl4NO4. The van der Waals surface area contributed by atoms with Gasteiger partial charge in [0.15, 0.2) is 5.60 Å². The van der Waals surface area contributed by atoms with E-state index in [1.807, 2.05) is 31.1 Å². The summed E-state index contributed by atoms with van der Waals surface area (Å²) in [6, 6.07) is 11.1. The Balaban J connectivity index is 2.14. The predicted octanol–water partition coefficient (Wildman–Crippen LogP) is 6.24. The summed E-state index contributed by atoms with van der Waals surface area (Å²) >= 11 is 25.4. The molecule has 4 rings (SSSR count). The largest absolute Gasteiger partial charge is 0.508 e. The number of carbonyl (C=O) groups excluding carboxylic acids is 1. The van der Waals surface area contributed by atoms with Crippen molar-refractivity contribution < 1.29 is 19.7 Å². The number of aromatic hydroxyl groups is 2. The summed E-state index contributed by atoms with van der Waals surface area (Å²) < 4.78 is 5.90. The van der Waals surface area contributed by atoms with Crippen molar-refractivity contribution in [3.8, 4) is 11.5 Å². The Bertz CT molecular complexity index is 1230. The van der Waals surface area contributed by atoms with Gasteiger partial charge in [-0.2, -0.15) is 0 Å². The summed E-state index contributed by atoms with van der Waals surface area (Å²) in [5, 5.41) is 20.3. The number of cyclic esters (lactones) is 1.